The molecule has 3 unspecified atom stereocenters. The normalized spacial score (nSPS) is 50.2. The Bertz CT molecular complexity index is 629. The standard InChI is InChI=1S/C19H27NO4/c1-18-8-7-15(22)20-14(18)6-3-10-11-4-5-12(17(23)24)19(11,2)9-13(21)16(10)18/h6,10-13,16,21H,3-5,7-9H2,1-2H3,(H,20,22)(H,23,24)/t10?,11?,12-,13+,16?,18+,19+/m1/s1. The highest BCUT2D eigenvalue weighted by Gasteiger charge is 2.63. The summed E-state index contributed by atoms with van der Waals surface area (Å²) >= 11 is 0. The molecule has 0 spiro atoms. The fourth-order valence-electron chi connectivity index (χ4n) is 6.74. The summed E-state index contributed by atoms with van der Waals surface area (Å²) in [5, 5.41) is 23.7. The lowest BCUT2D eigenvalue weighted by Gasteiger charge is -2.58. The number of nitrogens with one attached hydrogen (secondary N) is 1. The number of carboxylic acid groups (broad SMARTS) is 1. The molecular formula is C19H27NO4. The molecule has 0 bridgehead atoms. The molecule has 3 N–H and O–H groups in total. The van der Waals surface area contributed by atoms with Gasteiger partial charge in [0.15, 0.2) is 0 Å². The quantitative estimate of drug-likeness (QED) is 0.687. The summed E-state index contributed by atoms with van der Waals surface area (Å²) < 4.78 is 0. The Kier molecular flexibility index (Phi) is 3.41. The van der Waals surface area contributed by atoms with Crippen LogP contribution in [0.2, 0.25) is 0 Å². The second kappa shape index (κ2) is 5.07. The topological polar surface area (TPSA) is 86.6 Å². The van der Waals surface area contributed by atoms with Gasteiger partial charge < -0.3 is 15.5 Å². The fraction of sp³-hybridized carbons (Fsp3) is 0.789. The Hall–Kier alpha value is -1.36. The lowest BCUT2D eigenvalue weighted by Crippen LogP contribution is -2.58. The highest BCUT2D eigenvalue weighted by Crippen LogP contribution is 2.65. The summed E-state index contributed by atoms with van der Waals surface area (Å²) in [6, 6.07) is 0. The van der Waals surface area contributed by atoms with Crippen molar-refractivity contribution in [3.63, 3.8) is 0 Å². The minimum Gasteiger partial charge on any atom is -0.481 e. The number of allylic oxidation sites excluding steroid dienone is 2. The van der Waals surface area contributed by atoms with E-state index in [4.69, 9.17) is 0 Å². The molecule has 3 aliphatic carbocycles. The first-order chi connectivity index (χ1) is 11.3. The van der Waals surface area contributed by atoms with Gasteiger partial charge >= 0.3 is 5.97 Å². The van der Waals surface area contributed by atoms with Crippen molar-refractivity contribution in [3.8, 4) is 0 Å². The predicted molar refractivity (Wildman–Crippen MR) is 87.7 cm³/mol. The molecule has 0 aromatic heterocycles. The van der Waals surface area contributed by atoms with E-state index < -0.39 is 12.1 Å². The molecule has 5 heteroatoms. The molecule has 3 fully saturated rings. The average Bonchev–Trinajstić information content (AvgIpc) is 2.84. The third-order valence-electron chi connectivity index (χ3n) is 7.84. The summed E-state index contributed by atoms with van der Waals surface area (Å²) in [4.78, 5) is 23.5. The Labute approximate surface area is 142 Å². The van der Waals surface area contributed by atoms with Gasteiger partial charge in [0.25, 0.3) is 0 Å². The minimum atomic E-state index is -0.714. The molecule has 4 aliphatic rings. The SMILES string of the molecule is C[C@]12CCC(=O)NC1=CCC1C2[C@@H](O)C[C@@]2(C)C1CC[C@@H]2C(=O)O. The van der Waals surface area contributed by atoms with Crippen molar-refractivity contribution in [1.82, 2.24) is 5.32 Å². The van der Waals surface area contributed by atoms with Crippen LogP contribution >= 0.6 is 0 Å². The van der Waals surface area contributed by atoms with Gasteiger partial charge in [-0.1, -0.05) is 19.9 Å². The second-order valence-electron chi connectivity index (χ2n) is 8.86. The Morgan fingerprint density at radius 1 is 1.33 bits per heavy atom. The molecule has 4 rings (SSSR count). The van der Waals surface area contributed by atoms with Crippen LogP contribution in [0.4, 0.5) is 0 Å². The highest BCUT2D eigenvalue weighted by atomic mass is 16.4. The Morgan fingerprint density at radius 3 is 2.79 bits per heavy atom. The number of hydrogen-bond donors (Lipinski definition) is 3. The zero-order valence-electron chi connectivity index (χ0n) is 14.4. The number of fused-ring (bicyclic) bond motifs is 5. The fourth-order valence-corrected chi connectivity index (χ4v) is 6.74. The van der Waals surface area contributed by atoms with Crippen molar-refractivity contribution in [3.05, 3.63) is 11.8 Å². The van der Waals surface area contributed by atoms with E-state index in [9.17, 15) is 19.8 Å². The van der Waals surface area contributed by atoms with Gasteiger partial charge in [-0.15, -0.1) is 0 Å². The molecule has 24 heavy (non-hydrogen) atoms. The number of aliphatic hydroxyl groups excluding tert-OH is 1. The third-order valence-corrected chi connectivity index (χ3v) is 7.84. The van der Waals surface area contributed by atoms with Crippen molar-refractivity contribution in [2.75, 3.05) is 0 Å². The number of carboxylic acids is 1. The van der Waals surface area contributed by atoms with Crippen molar-refractivity contribution >= 4 is 11.9 Å². The Balaban J connectivity index is 1.73. The number of aliphatic carboxylic acids is 1. The van der Waals surface area contributed by atoms with Crippen LogP contribution in [-0.2, 0) is 9.59 Å². The van der Waals surface area contributed by atoms with Crippen molar-refractivity contribution in [2.45, 2.75) is 58.5 Å². The van der Waals surface area contributed by atoms with Crippen LogP contribution in [0.25, 0.3) is 0 Å². The first-order valence-electron chi connectivity index (χ1n) is 9.19. The van der Waals surface area contributed by atoms with Crippen LogP contribution in [-0.4, -0.2) is 28.2 Å². The van der Waals surface area contributed by atoms with E-state index in [0.29, 0.717) is 24.7 Å². The first kappa shape index (κ1) is 16.1. The van der Waals surface area contributed by atoms with Crippen LogP contribution in [0.3, 0.4) is 0 Å². The van der Waals surface area contributed by atoms with Gasteiger partial charge in [-0.3, -0.25) is 9.59 Å². The molecule has 1 heterocycles. The molecular weight excluding hydrogens is 306 g/mol. The summed E-state index contributed by atoms with van der Waals surface area (Å²) in [7, 11) is 0. The van der Waals surface area contributed by atoms with E-state index >= 15 is 0 Å². The Morgan fingerprint density at radius 2 is 2.08 bits per heavy atom. The van der Waals surface area contributed by atoms with Crippen LogP contribution < -0.4 is 5.32 Å². The number of amides is 1. The van der Waals surface area contributed by atoms with Crippen LogP contribution in [0.5, 0.6) is 0 Å². The highest BCUT2D eigenvalue weighted by molar-refractivity contribution is 5.79. The maximum absolute atomic E-state index is 11.8. The van der Waals surface area contributed by atoms with Gasteiger partial charge in [0.05, 0.1) is 12.0 Å². The maximum atomic E-state index is 11.8. The van der Waals surface area contributed by atoms with E-state index in [1.807, 2.05) is 0 Å². The molecule has 0 aromatic carbocycles. The molecule has 5 nitrogen and oxygen atoms in total. The van der Waals surface area contributed by atoms with E-state index in [1.54, 1.807) is 0 Å². The summed E-state index contributed by atoms with van der Waals surface area (Å²) in [6.45, 7) is 4.25. The smallest absolute Gasteiger partial charge is 0.307 e. The van der Waals surface area contributed by atoms with Crippen LogP contribution in [0.1, 0.15) is 52.4 Å². The molecule has 1 aliphatic heterocycles. The largest absolute Gasteiger partial charge is 0.481 e. The molecule has 132 valence electrons. The van der Waals surface area contributed by atoms with Gasteiger partial charge in [-0.2, -0.15) is 0 Å². The third kappa shape index (κ3) is 1.97. The average molecular weight is 333 g/mol. The van der Waals surface area contributed by atoms with Crippen molar-refractivity contribution in [2.24, 2.45) is 34.5 Å². The number of carbonyl (C=O) groups excluding carboxylic acids is 1. The van der Waals surface area contributed by atoms with Gasteiger partial charge in [-0.05, 0) is 55.3 Å². The van der Waals surface area contributed by atoms with Gasteiger partial charge in [0, 0.05) is 17.5 Å². The number of piperidine rings is 1. The predicted octanol–water partition coefficient (Wildman–Crippen LogP) is 2.30. The first-order valence-corrected chi connectivity index (χ1v) is 9.19. The molecule has 1 amide bonds. The number of rotatable bonds is 1. The van der Waals surface area contributed by atoms with Crippen molar-refractivity contribution in [1.29, 1.82) is 0 Å². The van der Waals surface area contributed by atoms with E-state index in [0.717, 1.165) is 31.4 Å². The number of aliphatic hydroxyl groups is 1. The molecule has 2 saturated carbocycles. The van der Waals surface area contributed by atoms with Crippen LogP contribution in [0.15, 0.2) is 11.8 Å². The molecule has 0 radical (unpaired) electrons. The van der Waals surface area contributed by atoms with Gasteiger partial charge in [-0.25, -0.2) is 0 Å². The van der Waals surface area contributed by atoms with Gasteiger partial charge in [0.1, 0.15) is 0 Å². The summed E-state index contributed by atoms with van der Waals surface area (Å²) in [6.07, 6.45) is 5.97. The lowest BCUT2D eigenvalue weighted by molar-refractivity contribution is -0.157. The van der Waals surface area contributed by atoms with E-state index in [2.05, 4.69) is 25.2 Å². The maximum Gasteiger partial charge on any atom is 0.307 e. The lowest BCUT2D eigenvalue weighted by atomic mass is 9.48. The summed E-state index contributed by atoms with van der Waals surface area (Å²) in [5.41, 5.74) is 0.473. The van der Waals surface area contributed by atoms with Gasteiger partial charge in [0.2, 0.25) is 5.91 Å². The molecule has 1 saturated heterocycles. The van der Waals surface area contributed by atoms with Crippen molar-refractivity contribution < 1.29 is 19.8 Å². The number of hydrogen-bond acceptors (Lipinski definition) is 3. The number of carbonyl (C=O) groups is 2. The summed E-state index contributed by atoms with van der Waals surface area (Å²) in [5.74, 6) is -0.217. The van der Waals surface area contributed by atoms with Crippen LogP contribution in [0, 0.1) is 34.5 Å². The zero-order valence-corrected chi connectivity index (χ0v) is 14.4. The molecule has 0 aromatic rings. The monoisotopic (exact) mass is 333 g/mol. The second-order valence-corrected chi connectivity index (χ2v) is 8.86. The minimum absolute atomic E-state index is 0.0686. The molecule has 7 atom stereocenters. The van der Waals surface area contributed by atoms with E-state index in [-0.39, 0.29) is 28.6 Å². The zero-order chi connectivity index (χ0) is 17.3. The van der Waals surface area contributed by atoms with E-state index in [1.165, 1.54) is 0 Å².